The van der Waals surface area contributed by atoms with Crippen molar-refractivity contribution in [3.8, 4) is 0 Å². The number of nitrogens with two attached hydrogens (primary N) is 1. The van der Waals surface area contributed by atoms with Crippen LogP contribution in [0.2, 0.25) is 0 Å². The second kappa shape index (κ2) is 6.92. The summed E-state index contributed by atoms with van der Waals surface area (Å²) in [4.78, 5) is 11.8. The maximum Gasteiger partial charge on any atom is 0.306 e. The molecule has 0 amide bonds. The SMILES string of the molecule is CCc1cc(COC(=O)CCc2cccc(N)c2)n(C)n1. The van der Waals surface area contributed by atoms with Crippen LogP contribution in [0.1, 0.15) is 30.3 Å². The van der Waals surface area contributed by atoms with Crippen LogP contribution in [0, 0.1) is 0 Å². The fourth-order valence-electron chi connectivity index (χ4n) is 2.10. The predicted octanol–water partition coefficient (Wildman–Crippen LogP) is 2.24. The first kappa shape index (κ1) is 15.1. The van der Waals surface area contributed by atoms with Crippen LogP contribution in [0.4, 0.5) is 5.69 Å². The highest BCUT2D eigenvalue weighted by Gasteiger charge is 2.08. The summed E-state index contributed by atoms with van der Waals surface area (Å²) in [6.07, 6.45) is 1.86. The normalized spacial score (nSPS) is 10.6. The van der Waals surface area contributed by atoms with Crippen molar-refractivity contribution in [2.45, 2.75) is 32.8 Å². The first-order chi connectivity index (χ1) is 10.1. The molecule has 21 heavy (non-hydrogen) atoms. The zero-order chi connectivity index (χ0) is 15.2. The molecule has 1 aromatic heterocycles. The standard InChI is InChI=1S/C16H21N3O2/c1-3-14-10-15(19(2)18-14)11-21-16(20)8-7-12-5-4-6-13(17)9-12/h4-6,9-10H,3,7-8,11,17H2,1-2H3. The summed E-state index contributed by atoms with van der Waals surface area (Å²) in [6.45, 7) is 2.31. The van der Waals surface area contributed by atoms with Gasteiger partial charge in [0.05, 0.1) is 11.4 Å². The molecule has 0 radical (unpaired) electrons. The molecule has 0 saturated carbocycles. The van der Waals surface area contributed by atoms with Crippen molar-refractivity contribution in [1.82, 2.24) is 9.78 Å². The van der Waals surface area contributed by atoms with Crippen molar-refractivity contribution in [2.24, 2.45) is 7.05 Å². The molecule has 2 rings (SSSR count). The van der Waals surface area contributed by atoms with Gasteiger partial charge in [0.2, 0.25) is 0 Å². The Morgan fingerprint density at radius 3 is 2.86 bits per heavy atom. The number of hydrogen-bond donors (Lipinski definition) is 1. The zero-order valence-corrected chi connectivity index (χ0v) is 12.5. The number of aromatic nitrogens is 2. The van der Waals surface area contributed by atoms with Gasteiger partial charge in [-0.1, -0.05) is 19.1 Å². The van der Waals surface area contributed by atoms with Crippen LogP contribution >= 0.6 is 0 Å². The third kappa shape index (κ3) is 4.34. The smallest absolute Gasteiger partial charge is 0.306 e. The number of carbonyl (C=O) groups excluding carboxylic acids is 1. The molecule has 0 unspecified atom stereocenters. The van der Waals surface area contributed by atoms with Gasteiger partial charge in [0.1, 0.15) is 6.61 Å². The summed E-state index contributed by atoms with van der Waals surface area (Å²) in [5, 5.41) is 4.32. The van der Waals surface area contributed by atoms with E-state index in [-0.39, 0.29) is 12.6 Å². The Bertz CT molecular complexity index is 620. The van der Waals surface area contributed by atoms with Crippen molar-refractivity contribution in [3.05, 3.63) is 47.3 Å². The molecule has 112 valence electrons. The number of nitrogen functional groups attached to an aromatic ring is 1. The third-order valence-corrected chi connectivity index (χ3v) is 3.34. The van der Waals surface area contributed by atoms with E-state index in [9.17, 15) is 4.79 Å². The van der Waals surface area contributed by atoms with Crippen molar-refractivity contribution in [1.29, 1.82) is 0 Å². The van der Waals surface area contributed by atoms with Gasteiger partial charge in [-0.3, -0.25) is 9.48 Å². The quantitative estimate of drug-likeness (QED) is 0.653. The van der Waals surface area contributed by atoms with Gasteiger partial charge in [-0.15, -0.1) is 0 Å². The Labute approximate surface area is 124 Å². The Hall–Kier alpha value is -2.30. The fraction of sp³-hybridized carbons (Fsp3) is 0.375. The van der Waals surface area contributed by atoms with E-state index in [4.69, 9.17) is 10.5 Å². The van der Waals surface area contributed by atoms with Crippen LogP contribution in [-0.4, -0.2) is 15.7 Å². The molecule has 0 bridgehead atoms. The van der Waals surface area contributed by atoms with E-state index in [1.807, 2.05) is 44.3 Å². The number of benzene rings is 1. The number of carbonyl (C=O) groups is 1. The molecular formula is C16H21N3O2. The lowest BCUT2D eigenvalue weighted by Gasteiger charge is -2.05. The zero-order valence-electron chi connectivity index (χ0n) is 12.5. The van der Waals surface area contributed by atoms with E-state index in [2.05, 4.69) is 5.10 Å². The van der Waals surface area contributed by atoms with Gasteiger partial charge in [0, 0.05) is 19.2 Å². The summed E-state index contributed by atoms with van der Waals surface area (Å²) < 4.78 is 7.04. The minimum atomic E-state index is -0.211. The summed E-state index contributed by atoms with van der Waals surface area (Å²) in [7, 11) is 1.86. The Morgan fingerprint density at radius 2 is 2.19 bits per heavy atom. The van der Waals surface area contributed by atoms with E-state index >= 15 is 0 Å². The van der Waals surface area contributed by atoms with Gasteiger partial charge in [-0.25, -0.2) is 0 Å². The van der Waals surface area contributed by atoms with Gasteiger partial charge < -0.3 is 10.5 Å². The number of esters is 1. The molecule has 5 heteroatoms. The van der Waals surface area contributed by atoms with Crippen molar-refractivity contribution < 1.29 is 9.53 Å². The third-order valence-electron chi connectivity index (χ3n) is 3.34. The second-order valence-corrected chi connectivity index (χ2v) is 5.01. The Kier molecular flexibility index (Phi) is 4.98. The summed E-state index contributed by atoms with van der Waals surface area (Å²) in [6, 6.07) is 9.51. The lowest BCUT2D eigenvalue weighted by molar-refractivity contribution is -0.145. The second-order valence-electron chi connectivity index (χ2n) is 5.01. The molecule has 2 N–H and O–H groups in total. The highest BCUT2D eigenvalue weighted by molar-refractivity contribution is 5.69. The summed E-state index contributed by atoms with van der Waals surface area (Å²) in [5.41, 5.74) is 9.37. The van der Waals surface area contributed by atoms with Gasteiger partial charge >= 0.3 is 5.97 Å². The Morgan fingerprint density at radius 1 is 1.38 bits per heavy atom. The molecule has 0 saturated heterocycles. The number of nitrogens with zero attached hydrogens (tertiary/aromatic N) is 2. The largest absolute Gasteiger partial charge is 0.459 e. The first-order valence-electron chi connectivity index (χ1n) is 7.10. The number of aryl methyl sites for hydroxylation is 3. The predicted molar refractivity (Wildman–Crippen MR) is 81.6 cm³/mol. The van der Waals surface area contributed by atoms with E-state index in [0.29, 0.717) is 18.5 Å². The molecule has 0 aliphatic rings. The van der Waals surface area contributed by atoms with Crippen LogP contribution in [0.15, 0.2) is 30.3 Å². The molecule has 0 aliphatic heterocycles. The van der Waals surface area contributed by atoms with Gasteiger partial charge in [-0.2, -0.15) is 5.10 Å². The van der Waals surface area contributed by atoms with Crippen LogP contribution < -0.4 is 5.73 Å². The average molecular weight is 287 g/mol. The van der Waals surface area contributed by atoms with Crippen molar-refractivity contribution in [3.63, 3.8) is 0 Å². The molecular weight excluding hydrogens is 266 g/mol. The van der Waals surface area contributed by atoms with Gasteiger partial charge in [-0.05, 0) is 36.6 Å². The van der Waals surface area contributed by atoms with E-state index in [1.165, 1.54) is 0 Å². The summed E-state index contributed by atoms with van der Waals surface area (Å²) in [5.74, 6) is -0.211. The highest BCUT2D eigenvalue weighted by Crippen LogP contribution is 2.10. The molecule has 0 fully saturated rings. The fourth-order valence-corrected chi connectivity index (χ4v) is 2.10. The van der Waals surface area contributed by atoms with Crippen LogP contribution in [-0.2, 0) is 36.0 Å². The lowest BCUT2D eigenvalue weighted by Crippen LogP contribution is -2.08. The maximum atomic E-state index is 11.8. The van der Waals surface area contributed by atoms with Crippen molar-refractivity contribution >= 4 is 11.7 Å². The number of ether oxygens (including phenoxy) is 1. The topological polar surface area (TPSA) is 70.1 Å². The van der Waals surface area contributed by atoms with Crippen LogP contribution in [0.25, 0.3) is 0 Å². The molecule has 0 aliphatic carbocycles. The number of rotatable bonds is 6. The van der Waals surface area contributed by atoms with Crippen molar-refractivity contribution in [2.75, 3.05) is 5.73 Å². The monoisotopic (exact) mass is 287 g/mol. The average Bonchev–Trinajstić information content (AvgIpc) is 2.83. The van der Waals surface area contributed by atoms with Crippen LogP contribution in [0.3, 0.4) is 0 Å². The van der Waals surface area contributed by atoms with Gasteiger partial charge in [0.25, 0.3) is 0 Å². The van der Waals surface area contributed by atoms with E-state index < -0.39 is 0 Å². The molecule has 2 aromatic rings. The lowest BCUT2D eigenvalue weighted by atomic mass is 10.1. The highest BCUT2D eigenvalue weighted by atomic mass is 16.5. The minimum Gasteiger partial charge on any atom is -0.459 e. The molecule has 0 spiro atoms. The number of anilines is 1. The Balaban J connectivity index is 1.80. The summed E-state index contributed by atoms with van der Waals surface area (Å²) >= 11 is 0. The van der Waals surface area contributed by atoms with E-state index in [0.717, 1.165) is 23.4 Å². The molecule has 1 aromatic carbocycles. The van der Waals surface area contributed by atoms with Gasteiger partial charge in [0.15, 0.2) is 0 Å². The van der Waals surface area contributed by atoms with E-state index in [1.54, 1.807) is 4.68 Å². The molecule has 1 heterocycles. The molecule has 5 nitrogen and oxygen atoms in total. The first-order valence-corrected chi connectivity index (χ1v) is 7.10. The molecule has 0 atom stereocenters. The van der Waals surface area contributed by atoms with Crippen LogP contribution in [0.5, 0.6) is 0 Å². The maximum absolute atomic E-state index is 11.8. The number of hydrogen-bond acceptors (Lipinski definition) is 4. The minimum absolute atomic E-state index is 0.211.